The zero-order valence-corrected chi connectivity index (χ0v) is 22.4. The lowest BCUT2D eigenvalue weighted by Gasteiger charge is -2.48. The molecule has 0 spiro atoms. The average Bonchev–Trinajstić information content (AvgIpc) is 2.75. The van der Waals surface area contributed by atoms with Gasteiger partial charge in [0, 0.05) is 9.65 Å². The molecule has 0 unspecified atom stereocenters. The summed E-state index contributed by atoms with van der Waals surface area (Å²) in [4.78, 5) is 1.64. The van der Waals surface area contributed by atoms with Crippen LogP contribution < -0.4 is 0 Å². The van der Waals surface area contributed by atoms with E-state index in [0.717, 1.165) is 45.2 Å². The van der Waals surface area contributed by atoms with E-state index >= 15 is 0 Å². The fourth-order valence-electron chi connectivity index (χ4n) is 8.10. The molecule has 168 valence electrons. The van der Waals surface area contributed by atoms with Crippen LogP contribution in [0.4, 0.5) is 0 Å². The maximum atomic E-state index is 3.85. The number of hydrogen-bond donors (Lipinski definition) is 0. The van der Waals surface area contributed by atoms with Crippen molar-refractivity contribution < 1.29 is 0 Å². The molecular formula is C27H46Br2. The SMILES string of the molecule is CC(C)(C1CCC(C2CCC(Br)CC2)CC1)C1CCC(C2CCC(Br)CC2)CC1. The Bertz CT molecular complexity index is 439. The van der Waals surface area contributed by atoms with Gasteiger partial charge in [-0.15, -0.1) is 0 Å². The van der Waals surface area contributed by atoms with Crippen LogP contribution in [0, 0.1) is 40.9 Å². The van der Waals surface area contributed by atoms with Crippen molar-refractivity contribution in [1.82, 2.24) is 0 Å². The quantitative estimate of drug-likeness (QED) is 0.318. The Balaban J connectivity index is 1.23. The maximum absolute atomic E-state index is 3.85. The van der Waals surface area contributed by atoms with Crippen molar-refractivity contribution in [2.24, 2.45) is 40.9 Å². The standard InChI is InChI=1S/C27H46Br2/c1-27(2,23-11-3-19(4-12-23)21-7-15-25(28)16-8-21)24-13-5-20(6-14-24)22-9-17-26(29)18-10-22/h19-26H,3-18H2,1-2H3. The highest BCUT2D eigenvalue weighted by atomic mass is 79.9. The molecule has 2 heteroatoms. The summed E-state index contributed by atoms with van der Waals surface area (Å²) in [5, 5.41) is 0. The lowest BCUT2D eigenvalue weighted by molar-refractivity contribution is 0.0210. The van der Waals surface area contributed by atoms with Crippen LogP contribution in [0.15, 0.2) is 0 Å². The fourth-order valence-corrected chi connectivity index (χ4v) is 9.16. The van der Waals surface area contributed by atoms with E-state index in [1.807, 2.05) is 0 Å². The van der Waals surface area contributed by atoms with E-state index in [1.165, 1.54) is 103 Å². The predicted octanol–water partition coefficient (Wildman–Crippen LogP) is 9.53. The third-order valence-electron chi connectivity index (χ3n) is 10.4. The Labute approximate surface area is 198 Å². The summed E-state index contributed by atoms with van der Waals surface area (Å²) in [6.07, 6.45) is 24.0. The Morgan fingerprint density at radius 1 is 0.414 bits per heavy atom. The first kappa shape index (κ1) is 23.1. The molecule has 0 aromatic carbocycles. The largest absolute Gasteiger partial charge is 0.0891 e. The molecule has 0 bridgehead atoms. The highest BCUT2D eigenvalue weighted by Gasteiger charge is 2.42. The lowest BCUT2D eigenvalue weighted by Crippen LogP contribution is -2.39. The monoisotopic (exact) mass is 528 g/mol. The molecule has 4 aliphatic rings. The summed E-state index contributed by atoms with van der Waals surface area (Å²) in [6, 6.07) is 0. The third-order valence-corrected chi connectivity index (χ3v) is 12.2. The van der Waals surface area contributed by atoms with Gasteiger partial charge in [0.1, 0.15) is 0 Å². The van der Waals surface area contributed by atoms with E-state index in [2.05, 4.69) is 45.7 Å². The average molecular weight is 530 g/mol. The number of rotatable bonds is 4. The number of halogens is 2. The molecule has 29 heavy (non-hydrogen) atoms. The molecule has 0 N–H and O–H groups in total. The summed E-state index contributed by atoms with van der Waals surface area (Å²) >= 11 is 7.70. The molecule has 0 nitrogen and oxygen atoms in total. The summed E-state index contributed by atoms with van der Waals surface area (Å²) in [5.41, 5.74) is 0.580. The minimum Gasteiger partial charge on any atom is -0.0891 e. The molecule has 0 aromatic heterocycles. The molecule has 4 fully saturated rings. The van der Waals surface area contributed by atoms with Crippen LogP contribution in [0.2, 0.25) is 0 Å². The van der Waals surface area contributed by atoms with E-state index < -0.39 is 0 Å². The van der Waals surface area contributed by atoms with E-state index in [1.54, 1.807) is 0 Å². The van der Waals surface area contributed by atoms with Crippen LogP contribution in [-0.2, 0) is 0 Å². The van der Waals surface area contributed by atoms with Crippen LogP contribution in [-0.4, -0.2) is 9.65 Å². The van der Waals surface area contributed by atoms with Crippen molar-refractivity contribution in [3.8, 4) is 0 Å². The van der Waals surface area contributed by atoms with Gasteiger partial charge in [-0.3, -0.25) is 0 Å². The normalized spacial score (nSPS) is 45.1. The molecular weight excluding hydrogens is 484 g/mol. The Kier molecular flexibility index (Phi) is 8.19. The van der Waals surface area contributed by atoms with Gasteiger partial charge in [-0.25, -0.2) is 0 Å². The topological polar surface area (TPSA) is 0 Å². The molecule has 0 amide bonds. The molecule has 0 heterocycles. The van der Waals surface area contributed by atoms with Gasteiger partial charge in [0.15, 0.2) is 0 Å². The summed E-state index contributed by atoms with van der Waals surface area (Å²) < 4.78 is 0. The highest BCUT2D eigenvalue weighted by molar-refractivity contribution is 9.09. The van der Waals surface area contributed by atoms with Gasteiger partial charge in [-0.1, -0.05) is 45.7 Å². The Hall–Kier alpha value is 0.960. The van der Waals surface area contributed by atoms with E-state index in [9.17, 15) is 0 Å². The van der Waals surface area contributed by atoms with Crippen LogP contribution in [0.1, 0.15) is 117 Å². The fraction of sp³-hybridized carbons (Fsp3) is 1.00. The minimum absolute atomic E-state index is 0.580. The molecule has 0 saturated heterocycles. The third kappa shape index (κ3) is 5.66. The first-order valence-electron chi connectivity index (χ1n) is 13.2. The van der Waals surface area contributed by atoms with Crippen LogP contribution >= 0.6 is 31.9 Å². The molecule has 4 aliphatic carbocycles. The van der Waals surface area contributed by atoms with E-state index in [4.69, 9.17) is 0 Å². The summed E-state index contributed by atoms with van der Waals surface area (Å²) in [7, 11) is 0. The molecule has 4 saturated carbocycles. The van der Waals surface area contributed by atoms with Gasteiger partial charge in [0.2, 0.25) is 0 Å². The van der Waals surface area contributed by atoms with Crippen molar-refractivity contribution in [1.29, 1.82) is 0 Å². The van der Waals surface area contributed by atoms with Crippen molar-refractivity contribution in [3.63, 3.8) is 0 Å². The summed E-state index contributed by atoms with van der Waals surface area (Å²) in [5.74, 6) is 6.22. The zero-order chi connectivity index (χ0) is 20.4. The van der Waals surface area contributed by atoms with Crippen LogP contribution in [0.3, 0.4) is 0 Å². The van der Waals surface area contributed by atoms with E-state index in [-0.39, 0.29) is 0 Å². The van der Waals surface area contributed by atoms with Crippen molar-refractivity contribution >= 4 is 31.9 Å². The number of alkyl halides is 2. The molecule has 0 atom stereocenters. The van der Waals surface area contributed by atoms with Gasteiger partial charge in [-0.05, 0) is 144 Å². The van der Waals surface area contributed by atoms with Gasteiger partial charge in [0.05, 0.1) is 0 Å². The molecule has 0 aromatic rings. The summed E-state index contributed by atoms with van der Waals surface area (Å²) in [6.45, 7) is 5.32. The zero-order valence-electron chi connectivity index (χ0n) is 19.2. The van der Waals surface area contributed by atoms with Crippen molar-refractivity contribution in [2.45, 2.75) is 126 Å². The predicted molar refractivity (Wildman–Crippen MR) is 134 cm³/mol. The second-order valence-corrected chi connectivity index (χ2v) is 14.7. The van der Waals surface area contributed by atoms with E-state index in [0.29, 0.717) is 5.41 Å². The first-order chi connectivity index (χ1) is 13.9. The second-order valence-electron chi connectivity index (χ2n) is 12.1. The van der Waals surface area contributed by atoms with Gasteiger partial charge in [0.25, 0.3) is 0 Å². The van der Waals surface area contributed by atoms with Gasteiger partial charge < -0.3 is 0 Å². The number of hydrogen-bond acceptors (Lipinski definition) is 0. The Morgan fingerprint density at radius 2 is 0.655 bits per heavy atom. The highest BCUT2D eigenvalue weighted by Crippen LogP contribution is 2.53. The van der Waals surface area contributed by atoms with Crippen molar-refractivity contribution in [2.75, 3.05) is 0 Å². The smallest absolute Gasteiger partial charge is 0.0146 e. The van der Waals surface area contributed by atoms with Crippen LogP contribution in [0.5, 0.6) is 0 Å². The minimum atomic E-state index is 0.580. The Morgan fingerprint density at radius 3 is 0.931 bits per heavy atom. The molecule has 4 rings (SSSR count). The van der Waals surface area contributed by atoms with Gasteiger partial charge >= 0.3 is 0 Å². The lowest BCUT2D eigenvalue weighted by atomic mass is 9.57. The molecule has 0 aliphatic heterocycles. The second kappa shape index (κ2) is 10.3. The molecule has 0 radical (unpaired) electrons. The maximum Gasteiger partial charge on any atom is 0.0146 e. The van der Waals surface area contributed by atoms with Crippen molar-refractivity contribution in [3.05, 3.63) is 0 Å². The van der Waals surface area contributed by atoms with Crippen LogP contribution in [0.25, 0.3) is 0 Å². The van der Waals surface area contributed by atoms with Gasteiger partial charge in [-0.2, -0.15) is 0 Å². The first-order valence-corrected chi connectivity index (χ1v) is 15.0.